The molecule has 36 heavy (non-hydrogen) atoms. The first-order valence-electron chi connectivity index (χ1n) is 12.2. The molecule has 2 aromatic heterocycles. The van der Waals surface area contributed by atoms with E-state index in [2.05, 4.69) is 32.7 Å². The summed E-state index contributed by atoms with van der Waals surface area (Å²) in [7, 11) is -3.15. The first-order valence-corrected chi connectivity index (χ1v) is 14.1. The van der Waals surface area contributed by atoms with Crippen LogP contribution in [0.3, 0.4) is 0 Å². The SMILES string of the molecule is CS(=O)(=O)N1CCC(c2ccc(-c3cc4nccnc4c(NCC4CNCCC4(F)F)n3)cc2)CC1. The molecule has 5 rings (SSSR count). The molecule has 0 radical (unpaired) electrons. The number of anilines is 1. The van der Waals surface area contributed by atoms with E-state index in [0.29, 0.717) is 48.1 Å². The Kier molecular flexibility index (Phi) is 6.88. The van der Waals surface area contributed by atoms with E-state index < -0.39 is 21.9 Å². The third kappa shape index (κ3) is 5.33. The molecule has 1 atom stereocenters. The van der Waals surface area contributed by atoms with Gasteiger partial charge in [0.15, 0.2) is 5.82 Å². The van der Waals surface area contributed by atoms with Crippen molar-refractivity contribution in [3.05, 3.63) is 48.3 Å². The highest BCUT2D eigenvalue weighted by molar-refractivity contribution is 7.88. The molecular weight excluding hydrogens is 486 g/mol. The third-order valence-corrected chi connectivity index (χ3v) is 8.50. The quantitative estimate of drug-likeness (QED) is 0.517. The Hall–Kier alpha value is -2.76. The number of halogens is 2. The number of sulfonamides is 1. The topological polar surface area (TPSA) is 100 Å². The number of piperidine rings is 2. The molecule has 0 saturated carbocycles. The van der Waals surface area contributed by atoms with Crippen LogP contribution in [0.1, 0.15) is 30.7 Å². The van der Waals surface area contributed by atoms with Gasteiger partial charge in [0, 0.05) is 57.1 Å². The molecule has 8 nitrogen and oxygen atoms in total. The van der Waals surface area contributed by atoms with Crippen LogP contribution in [-0.2, 0) is 10.0 Å². The van der Waals surface area contributed by atoms with Crippen LogP contribution in [0.2, 0.25) is 0 Å². The average molecular weight is 517 g/mol. The number of nitrogens with zero attached hydrogens (tertiary/aromatic N) is 4. The van der Waals surface area contributed by atoms with Crippen molar-refractivity contribution in [1.82, 2.24) is 24.6 Å². The van der Waals surface area contributed by atoms with Crippen molar-refractivity contribution in [3.63, 3.8) is 0 Å². The van der Waals surface area contributed by atoms with Gasteiger partial charge in [0.1, 0.15) is 5.52 Å². The van der Waals surface area contributed by atoms with E-state index in [1.165, 1.54) is 10.6 Å². The first-order chi connectivity index (χ1) is 17.2. The molecule has 4 heterocycles. The van der Waals surface area contributed by atoms with Crippen LogP contribution < -0.4 is 10.6 Å². The maximum absolute atomic E-state index is 14.3. The molecule has 2 saturated heterocycles. The second kappa shape index (κ2) is 9.95. The maximum Gasteiger partial charge on any atom is 0.255 e. The number of hydrogen-bond donors (Lipinski definition) is 2. The Morgan fingerprint density at radius 1 is 1.14 bits per heavy atom. The van der Waals surface area contributed by atoms with Crippen LogP contribution in [-0.4, -0.2) is 72.6 Å². The number of hydrogen-bond acceptors (Lipinski definition) is 7. The lowest BCUT2D eigenvalue weighted by atomic mass is 9.89. The highest BCUT2D eigenvalue weighted by atomic mass is 32.2. The highest BCUT2D eigenvalue weighted by Crippen LogP contribution is 2.33. The van der Waals surface area contributed by atoms with Crippen molar-refractivity contribution in [2.45, 2.75) is 31.1 Å². The number of pyridine rings is 1. The minimum atomic E-state index is -3.15. The molecule has 0 aliphatic carbocycles. The molecule has 3 aromatic rings. The number of alkyl halides is 2. The molecule has 2 aliphatic rings. The summed E-state index contributed by atoms with van der Waals surface area (Å²) in [6, 6.07) is 9.95. The summed E-state index contributed by atoms with van der Waals surface area (Å²) in [5, 5.41) is 6.16. The smallest absolute Gasteiger partial charge is 0.255 e. The fourth-order valence-electron chi connectivity index (χ4n) is 5.02. The Balaban J connectivity index is 1.35. The van der Waals surface area contributed by atoms with Gasteiger partial charge < -0.3 is 10.6 Å². The molecular formula is C25H30F2N6O2S. The summed E-state index contributed by atoms with van der Waals surface area (Å²) in [4.78, 5) is 13.5. The van der Waals surface area contributed by atoms with Gasteiger partial charge in [-0.15, -0.1) is 0 Å². The van der Waals surface area contributed by atoms with E-state index in [1.54, 1.807) is 12.4 Å². The molecule has 2 N–H and O–H groups in total. The Bertz CT molecular complexity index is 1330. The highest BCUT2D eigenvalue weighted by Gasteiger charge is 2.41. The fourth-order valence-corrected chi connectivity index (χ4v) is 5.89. The van der Waals surface area contributed by atoms with E-state index in [0.717, 1.165) is 24.0 Å². The van der Waals surface area contributed by atoms with Crippen LogP contribution in [0.4, 0.5) is 14.6 Å². The van der Waals surface area contributed by atoms with Crippen molar-refractivity contribution >= 4 is 26.9 Å². The van der Waals surface area contributed by atoms with Crippen molar-refractivity contribution < 1.29 is 17.2 Å². The van der Waals surface area contributed by atoms with E-state index in [1.807, 2.05) is 18.2 Å². The molecule has 1 aromatic carbocycles. The van der Waals surface area contributed by atoms with Gasteiger partial charge in [-0.1, -0.05) is 24.3 Å². The normalized spacial score (nSPS) is 21.5. The molecule has 0 bridgehead atoms. The van der Waals surface area contributed by atoms with Crippen molar-refractivity contribution in [2.75, 3.05) is 44.3 Å². The monoisotopic (exact) mass is 516 g/mol. The molecule has 0 amide bonds. The van der Waals surface area contributed by atoms with Gasteiger partial charge >= 0.3 is 0 Å². The van der Waals surface area contributed by atoms with Gasteiger partial charge in [0.25, 0.3) is 5.92 Å². The van der Waals surface area contributed by atoms with Crippen molar-refractivity contribution in [2.24, 2.45) is 5.92 Å². The number of nitrogens with one attached hydrogen (secondary N) is 2. The van der Waals surface area contributed by atoms with Crippen LogP contribution in [0, 0.1) is 5.92 Å². The van der Waals surface area contributed by atoms with Crippen LogP contribution in [0.15, 0.2) is 42.7 Å². The standard InChI is InChI=1S/C25H30F2N6O2S/c1-36(34,35)33-12-6-18(7-13-33)17-2-4-19(5-3-17)21-14-22-23(30-11-10-29-22)24(32-21)31-16-20-15-28-9-8-25(20,26)27/h2-5,10-11,14,18,20,28H,6-9,12-13,15-16H2,1H3,(H,31,32). The Morgan fingerprint density at radius 3 is 2.56 bits per heavy atom. The van der Waals surface area contributed by atoms with Gasteiger partial charge in [0.2, 0.25) is 10.0 Å². The Labute approximate surface area is 209 Å². The maximum atomic E-state index is 14.3. The van der Waals surface area contributed by atoms with E-state index >= 15 is 0 Å². The van der Waals surface area contributed by atoms with Crippen LogP contribution in [0.25, 0.3) is 22.3 Å². The van der Waals surface area contributed by atoms with Crippen molar-refractivity contribution in [3.8, 4) is 11.3 Å². The van der Waals surface area contributed by atoms with E-state index in [9.17, 15) is 17.2 Å². The van der Waals surface area contributed by atoms with Gasteiger partial charge in [-0.25, -0.2) is 31.5 Å². The molecule has 192 valence electrons. The molecule has 1 unspecified atom stereocenters. The zero-order valence-corrected chi connectivity index (χ0v) is 20.9. The molecule has 11 heteroatoms. The second-order valence-corrected chi connectivity index (χ2v) is 11.6. The average Bonchev–Trinajstić information content (AvgIpc) is 2.87. The minimum absolute atomic E-state index is 0.0766. The van der Waals surface area contributed by atoms with E-state index in [-0.39, 0.29) is 19.5 Å². The summed E-state index contributed by atoms with van der Waals surface area (Å²) in [6.07, 6.45) is 5.81. The number of fused-ring (bicyclic) bond motifs is 1. The number of benzene rings is 1. The summed E-state index contributed by atoms with van der Waals surface area (Å²) < 4.78 is 53.8. The van der Waals surface area contributed by atoms with E-state index in [4.69, 9.17) is 4.98 Å². The lowest BCUT2D eigenvalue weighted by Crippen LogP contribution is -2.47. The van der Waals surface area contributed by atoms with Gasteiger partial charge in [-0.2, -0.15) is 0 Å². The minimum Gasteiger partial charge on any atom is -0.368 e. The summed E-state index contributed by atoms with van der Waals surface area (Å²) in [5.41, 5.74) is 3.90. The lowest BCUT2D eigenvalue weighted by molar-refractivity contribution is -0.0728. The Morgan fingerprint density at radius 2 is 1.86 bits per heavy atom. The zero-order chi connectivity index (χ0) is 25.3. The van der Waals surface area contributed by atoms with Crippen LogP contribution in [0.5, 0.6) is 0 Å². The largest absolute Gasteiger partial charge is 0.368 e. The first kappa shape index (κ1) is 24.9. The predicted molar refractivity (Wildman–Crippen MR) is 136 cm³/mol. The van der Waals surface area contributed by atoms with Crippen LogP contribution >= 0.6 is 0 Å². The van der Waals surface area contributed by atoms with Crippen molar-refractivity contribution in [1.29, 1.82) is 0 Å². The second-order valence-electron chi connectivity index (χ2n) is 9.63. The summed E-state index contributed by atoms with van der Waals surface area (Å²) in [6.45, 7) is 1.70. The predicted octanol–water partition coefficient (Wildman–Crippen LogP) is 3.49. The van der Waals surface area contributed by atoms with Gasteiger partial charge in [-0.3, -0.25) is 4.98 Å². The summed E-state index contributed by atoms with van der Waals surface area (Å²) >= 11 is 0. The van der Waals surface area contributed by atoms with Gasteiger partial charge in [-0.05, 0) is 30.4 Å². The number of rotatable bonds is 6. The van der Waals surface area contributed by atoms with Gasteiger partial charge in [0.05, 0.1) is 23.4 Å². The lowest BCUT2D eigenvalue weighted by Gasteiger charge is -2.32. The molecule has 2 fully saturated rings. The zero-order valence-electron chi connectivity index (χ0n) is 20.1. The molecule has 0 spiro atoms. The third-order valence-electron chi connectivity index (χ3n) is 7.20. The molecule has 2 aliphatic heterocycles. The summed E-state index contributed by atoms with van der Waals surface area (Å²) in [5.74, 6) is -2.83. The fraction of sp³-hybridized carbons (Fsp3) is 0.480. The number of aromatic nitrogens is 3.